The highest BCUT2D eigenvalue weighted by atomic mass is 16.2. The van der Waals surface area contributed by atoms with Crippen molar-refractivity contribution >= 4 is 5.91 Å². The average Bonchev–Trinajstić information content (AvgIpc) is 2.85. The minimum atomic E-state index is 0.223. The first-order valence-electron chi connectivity index (χ1n) is 7.94. The molecule has 4 heteroatoms. The van der Waals surface area contributed by atoms with Crippen LogP contribution in [0, 0.1) is 5.92 Å². The van der Waals surface area contributed by atoms with Crippen molar-refractivity contribution in [3.8, 4) is 0 Å². The Labute approximate surface area is 117 Å². The van der Waals surface area contributed by atoms with E-state index < -0.39 is 0 Å². The number of nitrogens with one attached hydrogen (secondary N) is 2. The monoisotopic (exact) mass is 267 g/mol. The fraction of sp³-hybridized carbons (Fsp3) is 0.933. The van der Waals surface area contributed by atoms with Crippen LogP contribution in [0.15, 0.2) is 0 Å². The molecule has 2 N–H and O–H groups in total. The molecule has 2 rings (SSSR count). The maximum Gasteiger partial charge on any atom is 0.234 e. The standard InChI is InChI=1S/C15H29N3O/c1-3-16-14-8-9-18(10-12(14)2)11-15(19)17-13-6-4-5-7-13/h12-14,16H,3-11H2,1-2H3,(H,17,19). The minimum Gasteiger partial charge on any atom is -0.352 e. The van der Waals surface area contributed by atoms with Gasteiger partial charge in [-0.15, -0.1) is 0 Å². The maximum atomic E-state index is 12.0. The summed E-state index contributed by atoms with van der Waals surface area (Å²) in [6.45, 7) is 8.15. The van der Waals surface area contributed by atoms with Crippen molar-refractivity contribution in [2.24, 2.45) is 5.92 Å². The Bertz CT molecular complexity index is 289. The van der Waals surface area contributed by atoms with Gasteiger partial charge >= 0.3 is 0 Å². The van der Waals surface area contributed by atoms with Crippen LogP contribution in [-0.4, -0.2) is 49.1 Å². The van der Waals surface area contributed by atoms with Crippen LogP contribution in [-0.2, 0) is 4.79 Å². The lowest BCUT2D eigenvalue weighted by Crippen LogP contribution is -2.51. The van der Waals surface area contributed by atoms with E-state index in [0.717, 1.165) is 26.1 Å². The van der Waals surface area contributed by atoms with E-state index in [2.05, 4.69) is 29.4 Å². The predicted molar refractivity (Wildman–Crippen MR) is 78.1 cm³/mol. The van der Waals surface area contributed by atoms with Crippen LogP contribution in [0.1, 0.15) is 46.0 Å². The van der Waals surface area contributed by atoms with Gasteiger partial charge in [0.05, 0.1) is 6.54 Å². The zero-order chi connectivity index (χ0) is 13.7. The number of likely N-dealkylation sites (tertiary alicyclic amines) is 1. The van der Waals surface area contributed by atoms with Crippen molar-refractivity contribution in [2.45, 2.75) is 58.0 Å². The molecule has 0 aromatic rings. The average molecular weight is 267 g/mol. The van der Waals surface area contributed by atoms with Crippen molar-refractivity contribution in [2.75, 3.05) is 26.2 Å². The van der Waals surface area contributed by atoms with E-state index in [1.807, 2.05) is 0 Å². The van der Waals surface area contributed by atoms with Crippen molar-refractivity contribution < 1.29 is 4.79 Å². The molecule has 2 aliphatic rings. The molecule has 110 valence electrons. The van der Waals surface area contributed by atoms with Crippen molar-refractivity contribution in [1.82, 2.24) is 15.5 Å². The van der Waals surface area contributed by atoms with Crippen LogP contribution in [0.3, 0.4) is 0 Å². The van der Waals surface area contributed by atoms with Gasteiger partial charge in [0.25, 0.3) is 0 Å². The van der Waals surface area contributed by atoms with Gasteiger partial charge in [0, 0.05) is 25.2 Å². The first-order valence-corrected chi connectivity index (χ1v) is 7.94. The molecule has 1 saturated heterocycles. The molecule has 0 radical (unpaired) electrons. The van der Waals surface area contributed by atoms with Gasteiger partial charge in [-0.3, -0.25) is 9.69 Å². The smallest absolute Gasteiger partial charge is 0.234 e. The molecule has 2 fully saturated rings. The quantitative estimate of drug-likeness (QED) is 0.790. The second-order valence-electron chi connectivity index (χ2n) is 6.21. The number of amides is 1. The molecule has 1 amide bonds. The fourth-order valence-corrected chi connectivity index (χ4v) is 3.49. The first kappa shape index (κ1) is 14.8. The Morgan fingerprint density at radius 3 is 2.63 bits per heavy atom. The third kappa shape index (κ3) is 4.46. The largest absolute Gasteiger partial charge is 0.352 e. The van der Waals surface area contributed by atoms with Crippen LogP contribution in [0.2, 0.25) is 0 Å². The number of carbonyl (C=O) groups is 1. The summed E-state index contributed by atoms with van der Waals surface area (Å²) in [5.74, 6) is 0.856. The van der Waals surface area contributed by atoms with Gasteiger partial charge in [0.2, 0.25) is 5.91 Å². The van der Waals surface area contributed by atoms with Crippen LogP contribution >= 0.6 is 0 Å². The zero-order valence-electron chi connectivity index (χ0n) is 12.5. The molecular weight excluding hydrogens is 238 g/mol. The summed E-state index contributed by atoms with van der Waals surface area (Å²) >= 11 is 0. The highest BCUT2D eigenvalue weighted by Crippen LogP contribution is 2.18. The van der Waals surface area contributed by atoms with Gasteiger partial charge < -0.3 is 10.6 Å². The van der Waals surface area contributed by atoms with Gasteiger partial charge in [0.1, 0.15) is 0 Å². The molecule has 1 saturated carbocycles. The highest BCUT2D eigenvalue weighted by Gasteiger charge is 2.27. The molecule has 1 aliphatic heterocycles. The number of carbonyl (C=O) groups excluding carboxylic acids is 1. The second-order valence-corrected chi connectivity index (χ2v) is 6.21. The Hall–Kier alpha value is -0.610. The van der Waals surface area contributed by atoms with E-state index in [0.29, 0.717) is 24.5 Å². The lowest BCUT2D eigenvalue weighted by Gasteiger charge is -2.37. The van der Waals surface area contributed by atoms with Gasteiger partial charge in [-0.25, -0.2) is 0 Å². The lowest BCUT2D eigenvalue weighted by atomic mass is 9.94. The Kier molecular flexibility index (Phi) is 5.64. The van der Waals surface area contributed by atoms with Crippen molar-refractivity contribution in [3.63, 3.8) is 0 Å². The molecular formula is C15H29N3O. The molecule has 0 spiro atoms. The van der Waals surface area contributed by atoms with Gasteiger partial charge in [0.15, 0.2) is 0 Å². The lowest BCUT2D eigenvalue weighted by molar-refractivity contribution is -0.123. The van der Waals surface area contributed by atoms with E-state index in [9.17, 15) is 4.79 Å². The summed E-state index contributed by atoms with van der Waals surface area (Å²) in [6.07, 6.45) is 6.05. The second kappa shape index (κ2) is 7.25. The molecule has 19 heavy (non-hydrogen) atoms. The number of rotatable bonds is 5. The van der Waals surface area contributed by atoms with Gasteiger partial charge in [-0.05, 0) is 31.7 Å². The molecule has 2 unspecified atom stereocenters. The van der Waals surface area contributed by atoms with Gasteiger partial charge in [-0.1, -0.05) is 26.7 Å². The van der Waals surface area contributed by atoms with Crippen LogP contribution in [0.5, 0.6) is 0 Å². The number of nitrogens with zero attached hydrogens (tertiary/aromatic N) is 1. The molecule has 0 aromatic heterocycles. The molecule has 1 aliphatic carbocycles. The third-order valence-electron chi connectivity index (χ3n) is 4.54. The SMILES string of the molecule is CCNC1CCN(CC(=O)NC2CCCC2)CC1C. The topological polar surface area (TPSA) is 44.4 Å². The van der Waals surface area contributed by atoms with E-state index in [1.165, 1.54) is 25.7 Å². The summed E-state index contributed by atoms with van der Waals surface area (Å²) < 4.78 is 0. The Balaban J connectivity index is 1.70. The van der Waals surface area contributed by atoms with Crippen LogP contribution < -0.4 is 10.6 Å². The van der Waals surface area contributed by atoms with Crippen molar-refractivity contribution in [3.05, 3.63) is 0 Å². The Morgan fingerprint density at radius 1 is 1.26 bits per heavy atom. The number of piperidine rings is 1. The summed E-state index contributed by atoms with van der Waals surface area (Å²) in [5.41, 5.74) is 0. The van der Waals surface area contributed by atoms with Crippen LogP contribution in [0.25, 0.3) is 0 Å². The van der Waals surface area contributed by atoms with E-state index in [4.69, 9.17) is 0 Å². The molecule has 1 heterocycles. The molecule has 4 nitrogen and oxygen atoms in total. The molecule has 0 aromatic carbocycles. The molecule has 2 atom stereocenters. The summed E-state index contributed by atoms with van der Waals surface area (Å²) in [4.78, 5) is 14.3. The highest BCUT2D eigenvalue weighted by molar-refractivity contribution is 5.78. The fourth-order valence-electron chi connectivity index (χ4n) is 3.49. The van der Waals surface area contributed by atoms with E-state index >= 15 is 0 Å². The predicted octanol–water partition coefficient (Wildman–Crippen LogP) is 1.37. The first-order chi connectivity index (χ1) is 9.19. The number of hydrogen-bond donors (Lipinski definition) is 2. The van der Waals surface area contributed by atoms with Crippen LogP contribution in [0.4, 0.5) is 0 Å². The Morgan fingerprint density at radius 2 is 2.00 bits per heavy atom. The van der Waals surface area contributed by atoms with E-state index in [-0.39, 0.29) is 5.91 Å². The summed E-state index contributed by atoms with van der Waals surface area (Å²) in [5, 5.41) is 6.72. The normalized spacial score (nSPS) is 29.6. The summed E-state index contributed by atoms with van der Waals surface area (Å²) in [7, 11) is 0. The number of hydrogen-bond acceptors (Lipinski definition) is 3. The summed E-state index contributed by atoms with van der Waals surface area (Å²) in [6, 6.07) is 1.07. The van der Waals surface area contributed by atoms with E-state index in [1.54, 1.807) is 0 Å². The van der Waals surface area contributed by atoms with Crippen molar-refractivity contribution in [1.29, 1.82) is 0 Å². The van der Waals surface area contributed by atoms with Gasteiger partial charge in [-0.2, -0.15) is 0 Å². The third-order valence-corrected chi connectivity index (χ3v) is 4.54. The maximum absolute atomic E-state index is 12.0. The molecule has 0 bridgehead atoms. The minimum absolute atomic E-state index is 0.223. The zero-order valence-corrected chi connectivity index (χ0v) is 12.5.